The van der Waals surface area contributed by atoms with Crippen molar-refractivity contribution in [3.63, 3.8) is 0 Å². The Labute approximate surface area is 108 Å². The van der Waals surface area contributed by atoms with Gasteiger partial charge in [-0.25, -0.2) is 9.97 Å². The van der Waals surface area contributed by atoms with Crippen LogP contribution in [0.15, 0.2) is 0 Å². The highest BCUT2D eigenvalue weighted by Crippen LogP contribution is 2.34. The van der Waals surface area contributed by atoms with Crippen LogP contribution in [0.5, 0.6) is 0 Å². The molecule has 0 spiro atoms. The van der Waals surface area contributed by atoms with Crippen molar-refractivity contribution in [2.24, 2.45) is 5.92 Å². The highest BCUT2D eigenvalue weighted by Gasteiger charge is 2.32. The van der Waals surface area contributed by atoms with E-state index < -0.39 is 0 Å². The van der Waals surface area contributed by atoms with E-state index in [1.54, 1.807) is 0 Å². The summed E-state index contributed by atoms with van der Waals surface area (Å²) in [6, 6.07) is 0.617. The topological polar surface area (TPSA) is 29.0 Å². The van der Waals surface area contributed by atoms with Crippen molar-refractivity contribution < 1.29 is 0 Å². The molecule has 0 saturated heterocycles. The van der Waals surface area contributed by atoms with Crippen LogP contribution in [0.1, 0.15) is 38.1 Å². The molecular formula is C13H20ClN3. The molecule has 1 aromatic heterocycles. The predicted molar refractivity (Wildman–Crippen MR) is 71.7 cm³/mol. The van der Waals surface area contributed by atoms with Crippen molar-refractivity contribution in [1.82, 2.24) is 9.97 Å². The third kappa shape index (κ3) is 2.89. The molecule has 1 aliphatic rings. The standard InChI is InChI=1S/C13H20ClN3/c1-8(2)7-17(11-5-6-11)13-12(14)15-9(3)10(4)16-13/h8,11H,5-7H2,1-4H3. The van der Waals surface area contributed by atoms with Gasteiger partial charge in [0.1, 0.15) is 0 Å². The van der Waals surface area contributed by atoms with Crippen LogP contribution in [-0.4, -0.2) is 22.6 Å². The molecule has 0 radical (unpaired) electrons. The SMILES string of the molecule is Cc1nc(Cl)c(N(CC(C)C)C2CC2)nc1C. The number of aromatic nitrogens is 2. The molecule has 1 heterocycles. The van der Waals surface area contributed by atoms with Crippen LogP contribution in [0.2, 0.25) is 5.15 Å². The summed E-state index contributed by atoms with van der Waals surface area (Å²) in [5, 5.41) is 0.542. The molecule has 0 atom stereocenters. The maximum atomic E-state index is 6.24. The van der Waals surface area contributed by atoms with Gasteiger partial charge < -0.3 is 4.90 Å². The van der Waals surface area contributed by atoms with Crippen LogP contribution in [0.4, 0.5) is 5.82 Å². The van der Waals surface area contributed by atoms with Gasteiger partial charge in [-0.05, 0) is 32.6 Å². The quantitative estimate of drug-likeness (QED) is 0.824. The molecular weight excluding hydrogens is 234 g/mol. The van der Waals surface area contributed by atoms with Crippen molar-refractivity contribution in [1.29, 1.82) is 0 Å². The molecule has 2 rings (SSSR count). The van der Waals surface area contributed by atoms with Crippen molar-refractivity contribution in [3.8, 4) is 0 Å². The van der Waals surface area contributed by atoms with Crippen molar-refractivity contribution in [2.75, 3.05) is 11.4 Å². The molecule has 1 aromatic rings. The molecule has 0 N–H and O–H groups in total. The van der Waals surface area contributed by atoms with Gasteiger partial charge in [-0.3, -0.25) is 0 Å². The fraction of sp³-hybridized carbons (Fsp3) is 0.692. The van der Waals surface area contributed by atoms with E-state index >= 15 is 0 Å². The minimum Gasteiger partial charge on any atom is -0.351 e. The van der Waals surface area contributed by atoms with Gasteiger partial charge in [0.05, 0.1) is 11.4 Å². The number of anilines is 1. The Bertz CT molecular complexity index is 413. The first-order valence-corrected chi connectivity index (χ1v) is 6.64. The zero-order chi connectivity index (χ0) is 12.6. The fourth-order valence-electron chi connectivity index (χ4n) is 1.93. The van der Waals surface area contributed by atoms with E-state index in [0.29, 0.717) is 17.1 Å². The minimum atomic E-state index is 0.542. The molecule has 4 heteroatoms. The third-order valence-corrected chi connectivity index (χ3v) is 3.32. The number of halogens is 1. The van der Waals surface area contributed by atoms with Crippen molar-refractivity contribution >= 4 is 17.4 Å². The van der Waals surface area contributed by atoms with Gasteiger partial charge in [-0.1, -0.05) is 25.4 Å². The maximum absolute atomic E-state index is 6.24. The van der Waals surface area contributed by atoms with Gasteiger partial charge in [0.2, 0.25) is 0 Å². The Morgan fingerprint density at radius 1 is 1.24 bits per heavy atom. The average molecular weight is 254 g/mol. The van der Waals surface area contributed by atoms with Crippen LogP contribution < -0.4 is 4.90 Å². The molecule has 1 fully saturated rings. The van der Waals surface area contributed by atoms with Crippen LogP contribution in [-0.2, 0) is 0 Å². The minimum absolute atomic E-state index is 0.542. The van der Waals surface area contributed by atoms with Crippen LogP contribution in [0, 0.1) is 19.8 Å². The van der Waals surface area contributed by atoms with E-state index in [9.17, 15) is 0 Å². The van der Waals surface area contributed by atoms with E-state index in [0.717, 1.165) is 23.8 Å². The zero-order valence-electron chi connectivity index (χ0n) is 11.0. The summed E-state index contributed by atoms with van der Waals surface area (Å²) in [7, 11) is 0. The second-order valence-corrected chi connectivity index (χ2v) is 5.64. The third-order valence-electron chi connectivity index (χ3n) is 3.07. The first-order chi connectivity index (χ1) is 7.99. The lowest BCUT2D eigenvalue weighted by atomic mass is 10.2. The molecule has 17 heavy (non-hydrogen) atoms. The van der Waals surface area contributed by atoms with Gasteiger partial charge in [0.25, 0.3) is 0 Å². The molecule has 1 saturated carbocycles. The summed E-state index contributed by atoms with van der Waals surface area (Å²) in [4.78, 5) is 11.3. The van der Waals surface area contributed by atoms with Gasteiger partial charge in [-0.15, -0.1) is 0 Å². The first-order valence-electron chi connectivity index (χ1n) is 6.26. The normalized spacial score (nSPS) is 15.4. The number of hydrogen-bond acceptors (Lipinski definition) is 3. The van der Waals surface area contributed by atoms with Gasteiger partial charge in [0, 0.05) is 12.6 Å². The van der Waals surface area contributed by atoms with E-state index in [1.807, 2.05) is 13.8 Å². The predicted octanol–water partition coefficient (Wildman–Crippen LogP) is 3.37. The summed E-state index contributed by atoms with van der Waals surface area (Å²) >= 11 is 6.24. The van der Waals surface area contributed by atoms with Crippen molar-refractivity contribution in [3.05, 3.63) is 16.5 Å². The Balaban J connectivity index is 2.31. The second kappa shape index (κ2) is 4.81. The van der Waals surface area contributed by atoms with Crippen LogP contribution >= 0.6 is 11.6 Å². The average Bonchev–Trinajstić information content (AvgIpc) is 3.04. The number of aryl methyl sites for hydroxylation is 2. The van der Waals surface area contributed by atoms with Gasteiger partial charge >= 0.3 is 0 Å². The molecule has 0 bridgehead atoms. The molecule has 0 aliphatic heterocycles. The van der Waals surface area contributed by atoms with Crippen LogP contribution in [0.3, 0.4) is 0 Å². The lowest BCUT2D eigenvalue weighted by Crippen LogP contribution is -2.31. The second-order valence-electron chi connectivity index (χ2n) is 5.29. The first kappa shape index (κ1) is 12.6. The smallest absolute Gasteiger partial charge is 0.171 e. The van der Waals surface area contributed by atoms with Crippen LogP contribution in [0.25, 0.3) is 0 Å². The van der Waals surface area contributed by atoms with Gasteiger partial charge in [0.15, 0.2) is 11.0 Å². The Kier molecular flexibility index (Phi) is 3.57. The van der Waals surface area contributed by atoms with E-state index in [1.165, 1.54) is 12.8 Å². The van der Waals surface area contributed by atoms with E-state index in [2.05, 4.69) is 28.7 Å². The highest BCUT2D eigenvalue weighted by molar-refractivity contribution is 6.31. The fourth-order valence-corrected chi connectivity index (χ4v) is 2.21. The Morgan fingerprint density at radius 2 is 1.82 bits per heavy atom. The number of rotatable bonds is 4. The molecule has 0 amide bonds. The highest BCUT2D eigenvalue weighted by atomic mass is 35.5. The summed E-state index contributed by atoms with van der Waals surface area (Å²) < 4.78 is 0. The maximum Gasteiger partial charge on any atom is 0.171 e. The summed E-state index contributed by atoms with van der Waals surface area (Å²) in [6.07, 6.45) is 2.50. The number of hydrogen-bond donors (Lipinski definition) is 0. The lowest BCUT2D eigenvalue weighted by Gasteiger charge is -2.26. The molecule has 0 unspecified atom stereocenters. The monoisotopic (exact) mass is 253 g/mol. The molecule has 0 aromatic carbocycles. The Morgan fingerprint density at radius 3 is 2.35 bits per heavy atom. The zero-order valence-corrected chi connectivity index (χ0v) is 11.8. The molecule has 94 valence electrons. The number of nitrogens with zero attached hydrogens (tertiary/aromatic N) is 3. The molecule has 1 aliphatic carbocycles. The summed E-state index contributed by atoms with van der Waals surface area (Å²) in [5.41, 5.74) is 1.89. The summed E-state index contributed by atoms with van der Waals surface area (Å²) in [5.74, 6) is 1.47. The molecule has 3 nitrogen and oxygen atoms in total. The summed E-state index contributed by atoms with van der Waals surface area (Å²) in [6.45, 7) is 9.38. The largest absolute Gasteiger partial charge is 0.351 e. The Hall–Kier alpha value is -0.830. The van der Waals surface area contributed by atoms with Gasteiger partial charge in [-0.2, -0.15) is 0 Å². The lowest BCUT2D eigenvalue weighted by molar-refractivity contribution is 0.601. The van der Waals surface area contributed by atoms with Crippen molar-refractivity contribution in [2.45, 2.75) is 46.6 Å². The van der Waals surface area contributed by atoms with E-state index in [4.69, 9.17) is 11.6 Å². The van der Waals surface area contributed by atoms with E-state index in [-0.39, 0.29) is 0 Å².